The number of aliphatic hydroxyl groups is 1. The van der Waals surface area contributed by atoms with Gasteiger partial charge < -0.3 is 20.3 Å². The summed E-state index contributed by atoms with van der Waals surface area (Å²) in [4.78, 5) is 0. The van der Waals surface area contributed by atoms with E-state index in [9.17, 15) is 5.11 Å². The highest BCUT2D eigenvalue weighted by molar-refractivity contribution is 5.43. The van der Waals surface area contributed by atoms with Crippen LogP contribution in [0.25, 0.3) is 0 Å². The van der Waals surface area contributed by atoms with Crippen LogP contribution in [-0.4, -0.2) is 31.0 Å². The fourth-order valence-corrected chi connectivity index (χ4v) is 3.83. The van der Waals surface area contributed by atoms with Crippen LogP contribution in [0.2, 0.25) is 0 Å². The molecule has 1 rings (SSSR count). The third-order valence-electron chi connectivity index (χ3n) is 5.62. The molecule has 1 aromatic rings. The fourth-order valence-electron chi connectivity index (χ4n) is 3.83. The smallest absolute Gasteiger partial charge is 0.161 e. The zero-order valence-corrected chi connectivity index (χ0v) is 19.7. The van der Waals surface area contributed by atoms with E-state index in [1.54, 1.807) is 7.11 Å². The van der Waals surface area contributed by atoms with E-state index in [-0.39, 0.29) is 6.61 Å². The van der Waals surface area contributed by atoms with Crippen LogP contribution in [0.5, 0.6) is 11.5 Å². The van der Waals surface area contributed by atoms with E-state index in [1.165, 1.54) is 19.3 Å². The van der Waals surface area contributed by atoms with Gasteiger partial charge in [0.1, 0.15) is 0 Å². The molecule has 0 heterocycles. The predicted octanol–water partition coefficient (Wildman–Crippen LogP) is 5.60. The molecule has 0 saturated heterocycles. The van der Waals surface area contributed by atoms with Crippen molar-refractivity contribution >= 4 is 0 Å². The molecule has 0 fully saturated rings. The highest BCUT2D eigenvalue weighted by atomic mass is 16.5. The van der Waals surface area contributed by atoms with E-state index in [0.717, 1.165) is 48.7 Å². The standard InChI is InChI=1S/C25H45NO3/c1-19(2)8-7-9-21(5)13-15-29-23-11-10-22(16-24(23)28-6)12-14-25(26,18-27)17-20(3)4/h10-11,16,19-21,27H,7-9,12-15,17-18,26H2,1-6H3/t21?,25-/m0/s1. The number of aryl methyl sites for hydroxylation is 1. The molecule has 2 atom stereocenters. The van der Waals surface area contributed by atoms with Gasteiger partial charge in [0.15, 0.2) is 11.5 Å². The van der Waals surface area contributed by atoms with Crippen LogP contribution < -0.4 is 15.2 Å². The Morgan fingerprint density at radius 2 is 1.72 bits per heavy atom. The van der Waals surface area contributed by atoms with Crippen molar-refractivity contribution in [3.8, 4) is 11.5 Å². The topological polar surface area (TPSA) is 64.7 Å². The van der Waals surface area contributed by atoms with Gasteiger partial charge in [-0.3, -0.25) is 0 Å². The molecule has 4 nitrogen and oxygen atoms in total. The zero-order chi connectivity index (χ0) is 21.9. The van der Waals surface area contributed by atoms with Gasteiger partial charge in [-0.25, -0.2) is 0 Å². The van der Waals surface area contributed by atoms with Crippen molar-refractivity contribution in [2.75, 3.05) is 20.3 Å². The summed E-state index contributed by atoms with van der Waals surface area (Å²) in [5.41, 5.74) is 7.02. The average molecular weight is 408 g/mol. The first kappa shape index (κ1) is 25.8. The molecular formula is C25H45NO3. The molecule has 29 heavy (non-hydrogen) atoms. The Hall–Kier alpha value is -1.26. The van der Waals surface area contributed by atoms with Gasteiger partial charge in [-0.1, -0.05) is 59.9 Å². The van der Waals surface area contributed by atoms with Crippen molar-refractivity contribution in [2.24, 2.45) is 23.5 Å². The summed E-state index contributed by atoms with van der Waals surface area (Å²) in [6.45, 7) is 11.9. The van der Waals surface area contributed by atoms with Gasteiger partial charge in [0, 0.05) is 5.54 Å². The van der Waals surface area contributed by atoms with Gasteiger partial charge in [0.25, 0.3) is 0 Å². The van der Waals surface area contributed by atoms with E-state index in [1.807, 2.05) is 12.1 Å². The molecule has 0 aliphatic carbocycles. The number of hydrogen-bond acceptors (Lipinski definition) is 4. The van der Waals surface area contributed by atoms with Crippen molar-refractivity contribution in [1.82, 2.24) is 0 Å². The monoisotopic (exact) mass is 407 g/mol. The van der Waals surface area contributed by atoms with E-state index in [2.05, 4.69) is 40.7 Å². The minimum atomic E-state index is -0.526. The highest BCUT2D eigenvalue weighted by Gasteiger charge is 2.25. The van der Waals surface area contributed by atoms with Crippen molar-refractivity contribution in [2.45, 2.75) is 85.1 Å². The number of nitrogens with two attached hydrogens (primary N) is 1. The van der Waals surface area contributed by atoms with Crippen LogP contribution in [0, 0.1) is 17.8 Å². The lowest BCUT2D eigenvalue weighted by Gasteiger charge is -2.29. The maximum atomic E-state index is 9.71. The number of methoxy groups -OCH3 is 1. The summed E-state index contributed by atoms with van der Waals surface area (Å²) in [7, 11) is 1.68. The van der Waals surface area contributed by atoms with E-state index in [4.69, 9.17) is 15.2 Å². The number of hydrogen-bond donors (Lipinski definition) is 2. The number of rotatable bonds is 15. The van der Waals surface area contributed by atoms with Gasteiger partial charge in [-0.15, -0.1) is 0 Å². The summed E-state index contributed by atoms with van der Waals surface area (Å²) in [5.74, 6) is 3.49. The van der Waals surface area contributed by atoms with Gasteiger partial charge in [-0.2, -0.15) is 0 Å². The zero-order valence-electron chi connectivity index (χ0n) is 19.7. The van der Waals surface area contributed by atoms with Gasteiger partial charge in [0.05, 0.1) is 20.3 Å². The molecule has 0 radical (unpaired) electrons. The Bertz CT molecular complexity index is 573. The van der Waals surface area contributed by atoms with Gasteiger partial charge >= 0.3 is 0 Å². The quantitative estimate of drug-likeness (QED) is 0.397. The molecule has 0 saturated carbocycles. The lowest BCUT2D eigenvalue weighted by Crippen LogP contribution is -2.45. The molecular weight excluding hydrogens is 362 g/mol. The highest BCUT2D eigenvalue weighted by Crippen LogP contribution is 2.30. The second kappa shape index (κ2) is 13.1. The third-order valence-corrected chi connectivity index (χ3v) is 5.62. The maximum Gasteiger partial charge on any atom is 0.161 e. The Balaban J connectivity index is 2.54. The molecule has 4 heteroatoms. The first-order valence-corrected chi connectivity index (χ1v) is 11.4. The summed E-state index contributed by atoms with van der Waals surface area (Å²) >= 11 is 0. The van der Waals surface area contributed by atoms with Gasteiger partial charge in [-0.05, 0) is 61.1 Å². The molecule has 3 N–H and O–H groups in total. The molecule has 0 aliphatic rings. The predicted molar refractivity (Wildman–Crippen MR) is 123 cm³/mol. The Labute approximate surface area is 179 Å². The summed E-state index contributed by atoms with van der Waals surface area (Å²) < 4.78 is 11.6. The molecule has 0 aliphatic heterocycles. The molecule has 168 valence electrons. The van der Waals surface area contributed by atoms with Crippen molar-refractivity contribution in [3.05, 3.63) is 23.8 Å². The SMILES string of the molecule is COc1cc(CC[C@@](N)(CO)CC(C)C)ccc1OCCC(C)CCCC(C)C. The minimum Gasteiger partial charge on any atom is -0.493 e. The lowest BCUT2D eigenvalue weighted by atomic mass is 9.85. The van der Waals surface area contributed by atoms with Crippen LogP contribution >= 0.6 is 0 Å². The van der Waals surface area contributed by atoms with E-state index >= 15 is 0 Å². The third kappa shape index (κ3) is 10.4. The summed E-state index contributed by atoms with van der Waals surface area (Å²) in [6, 6.07) is 6.11. The second-order valence-corrected chi connectivity index (χ2v) is 9.67. The normalized spacial score (nSPS) is 14.8. The Morgan fingerprint density at radius 3 is 2.31 bits per heavy atom. The molecule has 0 spiro atoms. The van der Waals surface area contributed by atoms with E-state index < -0.39 is 5.54 Å². The number of ether oxygens (including phenoxy) is 2. The summed E-state index contributed by atoms with van der Waals surface area (Å²) in [6.07, 6.45) is 7.30. The first-order valence-electron chi connectivity index (χ1n) is 11.4. The van der Waals surface area contributed by atoms with Crippen molar-refractivity contribution in [1.29, 1.82) is 0 Å². The number of aliphatic hydroxyl groups excluding tert-OH is 1. The average Bonchev–Trinajstić information content (AvgIpc) is 2.66. The molecule has 0 bridgehead atoms. The second-order valence-electron chi connectivity index (χ2n) is 9.67. The molecule has 1 unspecified atom stereocenters. The molecule has 0 aromatic heterocycles. The van der Waals surface area contributed by atoms with Gasteiger partial charge in [0.2, 0.25) is 0 Å². The van der Waals surface area contributed by atoms with Crippen molar-refractivity contribution in [3.63, 3.8) is 0 Å². The van der Waals surface area contributed by atoms with Crippen molar-refractivity contribution < 1.29 is 14.6 Å². The van der Waals surface area contributed by atoms with Crippen LogP contribution in [0.4, 0.5) is 0 Å². The minimum absolute atomic E-state index is 0.0128. The number of benzene rings is 1. The van der Waals surface area contributed by atoms with Crippen LogP contribution in [0.3, 0.4) is 0 Å². The van der Waals surface area contributed by atoms with E-state index in [0.29, 0.717) is 18.4 Å². The fraction of sp³-hybridized carbons (Fsp3) is 0.760. The summed E-state index contributed by atoms with van der Waals surface area (Å²) in [5, 5.41) is 9.71. The van der Waals surface area contributed by atoms with Crippen LogP contribution in [0.1, 0.15) is 78.7 Å². The van der Waals surface area contributed by atoms with Crippen LogP contribution in [0.15, 0.2) is 18.2 Å². The Kier molecular flexibility index (Phi) is 11.7. The molecule has 0 amide bonds. The maximum absolute atomic E-state index is 9.71. The first-order chi connectivity index (χ1) is 13.7. The lowest BCUT2D eigenvalue weighted by molar-refractivity contribution is 0.165. The molecule has 1 aromatic carbocycles. The Morgan fingerprint density at radius 1 is 1.00 bits per heavy atom. The largest absolute Gasteiger partial charge is 0.493 e. The van der Waals surface area contributed by atoms with Crippen LogP contribution in [-0.2, 0) is 6.42 Å².